The minimum Gasteiger partial charge on any atom is -0.303 e. The Morgan fingerprint density at radius 1 is 1.18 bits per heavy atom. The highest BCUT2D eigenvalue weighted by atomic mass is 16.1. The van der Waals surface area contributed by atoms with Gasteiger partial charge < -0.3 is 14.4 Å². The summed E-state index contributed by atoms with van der Waals surface area (Å²) in [6.45, 7) is 1.68. The number of hydrogen-bond donors (Lipinski definition) is 0. The second-order valence-electron chi connectivity index (χ2n) is 2.54. The molecule has 2 atom stereocenters. The molecule has 0 saturated heterocycles. The lowest BCUT2D eigenvalue weighted by Gasteiger charge is -2.09. The number of carbonyl (C=O) groups is 3. The van der Waals surface area contributed by atoms with Gasteiger partial charge in [0.15, 0.2) is 0 Å². The van der Waals surface area contributed by atoms with Crippen LogP contribution in [0, 0.1) is 11.8 Å². The fourth-order valence-electron chi connectivity index (χ4n) is 0.816. The molecule has 0 N–H and O–H groups in total. The highest BCUT2D eigenvalue weighted by Gasteiger charge is 2.14. The molecular formula is C8H12O3. The maximum atomic E-state index is 10.3. The normalized spacial score (nSPS) is 15.0. The van der Waals surface area contributed by atoms with E-state index in [0.29, 0.717) is 12.8 Å². The average molecular weight is 156 g/mol. The van der Waals surface area contributed by atoms with Crippen molar-refractivity contribution in [3.63, 3.8) is 0 Å². The summed E-state index contributed by atoms with van der Waals surface area (Å²) in [4.78, 5) is 30.5. The third kappa shape index (κ3) is 3.65. The Labute approximate surface area is 65.8 Å². The van der Waals surface area contributed by atoms with E-state index in [1.54, 1.807) is 6.92 Å². The van der Waals surface area contributed by atoms with E-state index in [-0.39, 0.29) is 11.8 Å². The van der Waals surface area contributed by atoms with E-state index in [0.717, 1.165) is 18.9 Å². The lowest BCUT2D eigenvalue weighted by atomic mass is 9.93. The first-order chi connectivity index (χ1) is 5.26. The molecule has 0 bridgehead atoms. The lowest BCUT2D eigenvalue weighted by Crippen LogP contribution is -2.14. The first kappa shape index (κ1) is 10.0. The third-order valence-electron chi connectivity index (χ3n) is 1.68. The minimum atomic E-state index is -0.294. The van der Waals surface area contributed by atoms with E-state index in [1.807, 2.05) is 0 Å². The summed E-state index contributed by atoms with van der Waals surface area (Å²) < 4.78 is 0. The van der Waals surface area contributed by atoms with Gasteiger partial charge in [-0.25, -0.2) is 0 Å². The molecule has 0 heterocycles. The van der Waals surface area contributed by atoms with Gasteiger partial charge in [-0.1, -0.05) is 6.92 Å². The van der Waals surface area contributed by atoms with Crippen molar-refractivity contribution in [1.29, 1.82) is 0 Å². The molecule has 3 nitrogen and oxygen atoms in total. The smallest absolute Gasteiger partial charge is 0.123 e. The van der Waals surface area contributed by atoms with Crippen molar-refractivity contribution >= 4 is 18.9 Å². The largest absolute Gasteiger partial charge is 0.303 e. The molecule has 0 amide bonds. The summed E-state index contributed by atoms with van der Waals surface area (Å²) in [6, 6.07) is 0. The summed E-state index contributed by atoms with van der Waals surface area (Å²) in [5.41, 5.74) is 0. The highest BCUT2D eigenvalue weighted by molar-refractivity contribution is 5.64. The zero-order chi connectivity index (χ0) is 8.69. The van der Waals surface area contributed by atoms with Gasteiger partial charge in [0.25, 0.3) is 0 Å². The van der Waals surface area contributed by atoms with Crippen LogP contribution in [0.4, 0.5) is 0 Å². The molecule has 11 heavy (non-hydrogen) atoms. The van der Waals surface area contributed by atoms with E-state index in [2.05, 4.69) is 0 Å². The van der Waals surface area contributed by atoms with Crippen molar-refractivity contribution in [2.75, 3.05) is 0 Å². The molecule has 0 saturated carbocycles. The van der Waals surface area contributed by atoms with Gasteiger partial charge in [0.1, 0.15) is 18.9 Å². The van der Waals surface area contributed by atoms with Gasteiger partial charge in [0.05, 0.1) is 0 Å². The summed E-state index contributed by atoms with van der Waals surface area (Å²) in [7, 11) is 0. The lowest BCUT2D eigenvalue weighted by molar-refractivity contribution is -0.119. The monoisotopic (exact) mass is 156 g/mol. The highest BCUT2D eigenvalue weighted by Crippen LogP contribution is 2.11. The van der Waals surface area contributed by atoms with Crippen LogP contribution >= 0.6 is 0 Å². The molecule has 0 aromatic heterocycles. The van der Waals surface area contributed by atoms with Crippen LogP contribution in [0.2, 0.25) is 0 Å². The Balaban J connectivity index is 3.82. The number of carbonyl (C=O) groups excluding carboxylic acids is 3. The van der Waals surface area contributed by atoms with Gasteiger partial charge in [-0.2, -0.15) is 0 Å². The van der Waals surface area contributed by atoms with Gasteiger partial charge in [0, 0.05) is 18.3 Å². The summed E-state index contributed by atoms with van der Waals surface area (Å²) in [5, 5.41) is 0. The first-order valence-corrected chi connectivity index (χ1v) is 3.60. The molecule has 0 aliphatic rings. The zero-order valence-electron chi connectivity index (χ0n) is 6.53. The standard InChI is InChI=1S/C8H12O3/c1-7(5-10)8(6-11)3-2-4-9/h4-8H,2-3H2,1H3. The molecule has 0 fully saturated rings. The van der Waals surface area contributed by atoms with Gasteiger partial charge in [-0.3, -0.25) is 0 Å². The third-order valence-corrected chi connectivity index (χ3v) is 1.68. The van der Waals surface area contributed by atoms with Crippen molar-refractivity contribution in [3.8, 4) is 0 Å². The van der Waals surface area contributed by atoms with E-state index >= 15 is 0 Å². The summed E-state index contributed by atoms with van der Waals surface area (Å²) in [5.74, 6) is -0.565. The predicted octanol–water partition coefficient (Wildman–Crippen LogP) is 0.616. The minimum absolute atomic E-state index is 0.271. The Bertz CT molecular complexity index is 142. The molecule has 0 aromatic rings. The second-order valence-corrected chi connectivity index (χ2v) is 2.54. The molecule has 62 valence electrons. The van der Waals surface area contributed by atoms with Gasteiger partial charge >= 0.3 is 0 Å². The van der Waals surface area contributed by atoms with Gasteiger partial charge in [-0.05, 0) is 6.42 Å². The number of aldehydes is 3. The van der Waals surface area contributed by atoms with Crippen LogP contribution in [0.3, 0.4) is 0 Å². The maximum Gasteiger partial charge on any atom is 0.123 e. The van der Waals surface area contributed by atoms with Crippen molar-refractivity contribution in [3.05, 3.63) is 0 Å². The van der Waals surface area contributed by atoms with Crippen molar-refractivity contribution in [2.45, 2.75) is 19.8 Å². The van der Waals surface area contributed by atoms with Gasteiger partial charge in [-0.15, -0.1) is 0 Å². The Hall–Kier alpha value is -0.990. The maximum absolute atomic E-state index is 10.3. The van der Waals surface area contributed by atoms with Crippen LogP contribution in [0.5, 0.6) is 0 Å². The van der Waals surface area contributed by atoms with Crippen LogP contribution in [0.1, 0.15) is 19.8 Å². The summed E-state index contributed by atoms with van der Waals surface area (Å²) in [6.07, 6.45) is 3.06. The SMILES string of the molecule is CC(C=O)C(C=O)CCC=O. The zero-order valence-corrected chi connectivity index (χ0v) is 6.53. The Morgan fingerprint density at radius 3 is 2.18 bits per heavy atom. The van der Waals surface area contributed by atoms with Crippen molar-refractivity contribution < 1.29 is 14.4 Å². The van der Waals surface area contributed by atoms with E-state index in [1.165, 1.54) is 0 Å². The topological polar surface area (TPSA) is 51.2 Å². The first-order valence-electron chi connectivity index (χ1n) is 3.60. The van der Waals surface area contributed by atoms with E-state index in [4.69, 9.17) is 0 Å². The van der Waals surface area contributed by atoms with Crippen molar-refractivity contribution in [2.24, 2.45) is 11.8 Å². The van der Waals surface area contributed by atoms with Crippen LogP contribution in [0.25, 0.3) is 0 Å². The van der Waals surface area contributed by atoms with Crippen LogP contribution in [-0.2, 0) is 14.4 Å². The van der Waals surface area contributed by atoms with E-state index < -0.39 is 0 Å². The molecule has 0 radical (unpaired) electrons. The molecule has 0 aliphatic carbocycles. The summed E-state index contributed by atoms with van der Waals surface area (Å²) >= 11 is 0. The fourth-order valence-corrected chi connectivity index (χ4v) is 0.816. The number of rotatable bonds is 6. The fraction of sp³-hybridized carbons (Fsp3) is 0.625. The molecule has 3 heteroatoms. The Morgan fingerprint density at radius 2 is 1.82 bits per heavy atom. The van der Waals surface area contributed by atoms with Crippen LogP contribution in [-0.4, -0.2) is 18.9 Å². The molecule has 2 unspecified atom stereocenters. The quantitative estimate of drug-likeness (QED) is 0.529. The molecule has 0 aromatic carbocycles. The van der Waals surface area contributed by atoms with E-state index in [9.17, 15) is 14.4 Å². The second kappa shape index (κ2) is 5.77. The van der Waals surface area contributed by atoms with Crippen LogP contribution < -0.4 is 0 Å². The molecule has 0 spiro atoms. The Kier molecular flexibility index (Phi) is 5.25. The van der Waals surface area contributed by atoms with Crippen LogP contribution in [0.15, 0.2) is 0 Å². The molecular weight excluding hydrogens is 144 g/mol. The number of hydrogen-bond acceptors (Lipinski definition) is 3. The predicted molar refractivity (Wildman–Crippen MR) is 40.1 cm³/mol. The van der Waals surface area contributed by atoms with Gasteiger partial charge in [0.2, 0.25) is 0 Å². The van der Waals surface area contributed by atoms with Crippen molar-refractivity contribution in [1.82, 2.24) is 0 Å². The average Bonchev–Trinajstić information content (AvgIpc) is 2.05. The molecule has 0 aliphatic heterocycles. The molecule has 0 rings (SSSR count).